The summed E-state index contributed by atoms with van der Waals surface area (Å²) in [7, 11) is 1.41. The molecular formula is C29H29F5N4O4S. The van der Waals surface area contributed by atoms with Crippen LogP contribution in [0.4, 0.5) is 27.8 Å². The standard InChI is InChI=1S/C29H29F5N4O4S/c1-5-23(39)38-15(2)10-36(11-16(38)3)27-20-9-21(29(32,33)34)24(19-7-6-17(30)8-22(19)31)26-25(20)37(28(40)35-27)12-18(13-43-26)42-14-41-4/h5-9,15-16,18H,1,10-14H2,2-4H3/t15-,16+,18?. The van der Waals surface area contributed by atoms with Crippen molar-refractivity contribution in [2.24, 2.45) is 0 Å². The Kier molecular flexibility index (Phi) is 8.56. The number of piperazine rings is 1. The molecular weight excluding hydrogens is 595 g/mol. The second-order valence-electron chi connectivity index (χ2n) is 10.5. The summed E-state index contributed by atoms with van der Waals surface area (Å²) in [4.78, 5) is 33.7. The number of anilines is 1. The smallest absolute Gasteiger partial charge is 0.359 e. The highest BCUT2D eigenvalue weighted by Crippen LogP contribution is 2.49. The average molecular weight is 625 g/mol. The second kappa shape index (κ2) is 11.9. The molecule has 1 unspecified atom stereocenters. The van der Waals surface area contributed by atoms with Crippen molar-refractivity contribution in [3.05, 3.63) is 64.6 Å². The van der Waals surface area contributed by atoms with E-state index in [4.69, 9.17) is 9.47 Å². The molecule has 1 fully saturated rings. The summed E-state index contributed by atoms with van der Waals surface area (Å²) in [5, 5.41) is 0.0379. The van der Waals surface area contributed by atoms with Gasteiger partial charge in [0.05, 0.1) is 23.7 Å². The monoisotopic (exact) mass is 624 g/mol. The number of hydrogen-bond donors (Lipinski definition) is 0. The molecule has 3 atom stereocenters. The fraction of sp³-hybridized carbons (Fsp3) is 0.414. The molecule has 0 radical (unpaired) electrons. The Balaban J connectivity index is 1.81. The molecule has 1 aromatic heterocycles. The van der Waals surface area contributed by atoms with Crippen molar-refractivity contribution < 1.29 is 36.2 Å². The van der Waals surface area contributed by atoms with Crippen molar-refractivity contribution in [3.8, 4) is 11.1 Å². The van der Waals surface area contributed by atoms with Crippen LogP contribution in [0.25, 0.3) is 22.0 Å². The van der Waals surface area contributed by atoms with Gasteiger partial charge >= 0.3 is 11.9 Å². The third kappa shape index (κ3) is 5.75. The number of carbonyl (C=O) groups excluding carboxylic acids is 1. The Hall–Kier alpha value is -3.49. The molecule has 0 bridgehead atoms. The van der Waals surface area contributed by atoms with Crippen molar-refractivity contribution in [1.82, 2.24) is 14.5 Å². The maximum Gasteiger partial charge on any atom is 0.417 e. The van der Waals surface area contributed by atoms with Crippen LogP contribution < -0.4 is 10.6 Å². The third-order valence-corrected chi connectivity index (χ3v) is 8.80. The van der Waals surface area contributed by atoms with Gasteiger partial charge in [-0.05, 0) is 38.1 Å². The number of nitrogens with zero attached hydrogens (tertiary/aromatic N) is 4. The number of thioether (sulfide) groups is 1. The Morgan fingerprint density at radius 2 is 1.86 bits per heavy atom. The molecule has 1 saturated heterocycles. The van der Waals surface area contributed by atoms with Gasteiger partial charge in [-0.2, -0.15) is 18.2 Å². The first-order chi connectivity index (χ1) is 20.3. The fourth-order valence-electron chi connectivity index (χ4n) is 5.86. The van der Waals surface area contributed by atoms with Gasteiger partial charge in [-0.3, -0.25) is 9.36 Å². The number of halogens is 5. The summed E-state index contributed by atoms with van der Waals surface area (Å²) >= 11 is 0.987. The molecule has 230 valence electrons. The minimum Gasteiger partial charge on any atom is -0.359 e. The van der Waals surface area contributed by atoms with Gasteiger partial charge in [-0.1, -0.05) is 6.58 Å². The number of amides is 1. The lowest BCUT2D eigenvalue weighted by atomic mass is 9.95. The predicted molar refractivity (Wildman–Crippen MR) is 152 cm³/mol. The Bertz CT molecular complexity index is 1630. The number of rotatable bonds is 6. The molecule has 3 heterocycles. The Morgan fingerprint density at radius 3 is 2.47 bits per heavy atom. The van der Waals surface area contributed by atoms with E-state index in [0.29, 0.717) is 6.07 Å². The van der Waals surface area contributed by atoms with E-state index in [1.807, 2.05) is 0 Å². The van der Waals surface area contributed by atoms with Crippen molar-refractivity contribution in [2.75, 3.05) is 37.6 Å². The first-order valence-electron chi connectivity index (χ1n) is 13.4. The molecule has 0 saturated carbocycles. The van der Waals surface area contributed by atoms with Gasteiger partial charge in [0.15, 0.2) is 0 Å². The quantitative estimate of drug-likeness (QED) is 0.216. The first kappa shape index (κ1) is 31.0. The molecule has 3 aromatic rings. The Morgan fingerprint density at radius 1 is 1.16 bits per heavy atom. The zero-order chi connectivity index (χ0) is 31.2. The molecule has 43 heavy (non-hydrogen) atoms. The van der Waals surface area contributed by atoms with Gasteiger partial charge in [-0.15, -0.1) is 11.8 Å². The van der Waals surface area contributed by atoms with Crippen LogP contribution in [0.3, 0.4) is 0 Å². The van der Waals surface area contributed by atoms with E-state index in [2.05, 4.69) is 11.6 Å². The van der Waals surface area contributed by atoms with E-state index in [9.17, 15) is 27.2 Å². The predicted octanol–water partition coefficient (Wildman–Crippen LogP) is 5.07. The topological polar surface area (TPSA) is 76.9 Å². The van der Waals surface area contributed by atoms with Crippen molar-refractivity contribution in [1.29, 1.82) is 0 Å². The number of methoxy groups -OCH3 is 1. The van der Waals surface area contributed by atoms with Crippen LogP contribution in [0.2, 0.25) is 0 Å². The normalized spacial score (nSPS) is 20.8. The molecule has 8 nitrogen and oxygen atoms in total. The lowest BCUT2D eigenvalue weighted by Gasteiger charge is -2.44. The minimum atomic E-state index is -4.95. The number of aromatic nitrogens is 2. The van der Waals surface area contributed by atoms with E-state index in [1.54, 1.807) is 23.6 Å². The molecule has 2 aromatic carbocycles. The fourth-order valence-corrected chi connectivity index (χ4v) is 7.14. The third-order valence-electron chi connectivity index (χ3n) is 7.57. The highest BCUT2D eigenvalue weighted by Gasteiger charge is 2.40. The van der Waals surface area contributed by atoms with Crippen LogP contribution in [-0.2, 0) is 27.0 Å². The summed E-state index contributed by atoms with van der Waals surface area (Å²) in [5.41, 5.74) is -2.69. The van der Waals surface area contributed by atoms with Crippen LogP contribution in [-0.4, -0.2) is 71.3 Å². The van der Waals surface area contributed by atoms with Gasteiger partial charge in [0.2, 0.25) is 5.91 Å². The average Bonchev–Trinajstić information content (AvgIpc) is 3.13. The van der Waals surface area contributed by atoms with Gasteiger partial charge in [0, 0.05) is 65.5 Å². The van der Waals surface area contributed by atoms with Crippen LogP contribution in [0.15, 0.2) is 46.6 Å². The second-order valence-corrected chi connectivity index (χ2v) is 11.6. The lowest BCUT2D eigenvalue weighted by Crippen LogP contribution is -2.58. The van der Waals surface area contributed by atoms with E-state index in [-0.39, 0.29) is 71.8 Å². The molecule has 14 heteroatoms. The summed E-state index contributed by atoms with van der Waals surface area (Å²) < 4.78 is 85.3. The molecule has 2 aliphatic rings. The van der Waals surface area contributed by atoms with E-state index < -0.39 is 46.3 Å². The van der Waals surface area contributed by atoms with Crippen molar-refractivity contribution >= 4 is 34.4 Å². The van der Waals surface area contributed by atoms with Gasteiger partial charge in [0.1, 0.15) is 24.2 Å². The maximum atomic E-state index is 15.2. The van der Waals surface area contributed by atoms with Crippen LogP contribution >= 0.6 is 11.8 Å². The van der Waals surface area contributed by atoms with Crippen LogP contribution in [0, 0.1) is 11.6 Å². The van der Waals surface area contributed by atoms with E-state index >= 15 is 4.39 Å². The van der Waals surface area contributed by atoms with Gasteiger partial charge in [0.25, 0.3) is 0 Å². The lowest BCUT2D eigenvalue weighted by molar-refractivity contribution is -0.137. The molecule has 2 aliphatic heterocycles. The largest absolute Gasteiger partial charge is 0.417 e. The summed E-state index contributed by atoms with van der Waals surface area (Å²) in [6.45, 7) is 7.33. The molecule has 0 N–H and O–H groups in total. The SMILES string of the molecule is C=CC(=O)N1[C@H](C)CN(c2nc(=O)n3c4c(c(-c5ccc(F)cc5F)c(C(F)(F)F)cc24)SCC(OCOC)C3)C[C@@H]1C. The number of benzene rings is 2. The number of hydrogen-bond acceptors (Lipinski definition) is 7. The molecule has 0 spiro atoms. The maximum absolute atomic E-state index is 15.2. The number of alkyl halides is 3. The summed E-state index contributed by atoms with van der Waals surface area (Å²) in [5.74, 6) is -2.27. The highest BCUT2D eigenvalue weighted by atomic mass is 32.2. The van der Waals surface area contributed by atoms with Crippen LogP contribution in [0.5, 0.6) is 0 Å². The molecule has 0 aliphatic carbocycles. The summed E-state index contributed by atoms with van der Waals surface area (Å²) in [6.07, 6.45) is -4.41. The van der Waals surface area contributed by atoms with Crippen LogP contribution in [0.1, 0.15) is 19.4 Å². The zero-order valence-electron chi connectivity index (χ0n) is 23.6. The zero-order valence-corrected chi connectivity index (χ0v) is 24.4. The van der Waals surface area contributed by atoms with Crippen molar-refractivity contribution in [2.45, 2.75) is 49.7 Å². The van der Waals surface area contributed by atoms with E-state index in [1.165, 1.54) is 17.8 Å². The first-order valence-corrected chi connectivity index (χ1v) is 14.4. The number of ether oxygens (including phenoxy) is 2. The molecule has 5 rings (SSSR count). The minimum absolute atomic E-state index is 0.00108. The van der Waals surface area contributed by atoms with E-state index in [0.717, 1.165) is 30.0 Å². The van der Waals surface area contributed by atoms with Gasteiger partial charge < -0.3 is 19.3 Å². The highest BCUT2D eigenvalue weighted by molar-refractivity contribution is 7.99. The number of carbonyl (C=O) groups is 1. The molecule has 1 amide bonds. The van der Waals surface area contributed by atoms with Gasteiger partial charge in [-0.25, -0.2) is 13.6 Å². The Labute approximate surface area is 248 Å². The van der Waals surface area contributed by atoms with Crippen molar-refractivity contribution in [3.63, 3.8) is 0 Å². The summed E-state index contributed by atoms with van der Waals surface area (Å²) in [6, 6.07) is 2.50.